The number of para-hydroxylation sites is 1. The standard InChI is InChI=1S/C24H24ClN3O2/c25-23-21(15-16-6-4-5-9-20(16)26-23)27-24(29)30-19-10-11-22-17(14-19)12-13-28(22)18-7-2-1-3-8-18/h4-6,9-11,14-15,18H,1-3,7-8,12-13H2,(H,27,29). The number of fused-ring (bicyclic) bond motifs is 2. The van der Waals surface area contributed by atoms with Gasteiger partial charge in [-0.25, -0.2) is 9.78 Å². The van der Waals surface area contributed by atoms with Gasteiger partial charge in [0.1, 0.15) is 5.75 Å². The van der Waals surface area contributed by atoms with E-state index in [0.717, 1.165) is 23.9 Å². The van der Waals surface area contributed by atoms with E-state index in [-0.39, 0.29) is 5.15 Å². The number of carbonyl (C=O) groups excluding carboxylic acids is 1. The number of benzene rings is 2. The average Bonchev–Trinajstić information content (AvgIpc) is 3.18. The number of hydrogen-bond acceptors (Lipinski definition) is 4. The van der Waals surface area contributed by atoms with Crippen molar-refractivity contribution in [1.29, 1.82) is 0 Å². The maximum atomic E-state index is 12.5. The predicted octanol–water partition coefficient (Wildman–Crippen LogP) is 6.19. The monoisotopic (exact) mass is 421 g/mol. The molecule has 1 N–H and O–H groups in total. The number of halogens is 1. The minimum Gasteiger partial charge on any atom is -0.410 e. The number of nitrogens with zero attached hydrogens (tertiary/aromatic N) is 2. The van der Waals surface area contributed by atoms with E-state index in [0.29, 0.717) is 17.5 Å². The van der Waals surface area contributed by atoms with Crippen LogP contribution in [0.4, 0.5) is 16.2 Å². The zero-order valence-electron chi connectivity index (χ0n) is 16.7. The van der Waals surface area contributed by atoms with E-state index in [1.165, 1.54) is 43.4 Å². The molecule has 0 bridgehead atoms. The summed E-state index contributed by atoms with van der Waals surface area (Å²) in [5.74, 6) is 0.543. The summed E-state index contributed by atoms with van der Waals surface area (Å²) in [7, 11) is 0. The molecule has 0 atom stereocenters. The summed E-state index contributed by atoms with van der Waals surface area (Å²) in [6, 6.07) is 16.0. The average molecular weight is 422 g/mol. The Hall–Kier alpha value is -2.79. The molecule has 2 heterocycles. The van der Waals surface area contributed by atoms with Gasteiger partial charge in [0.25, 0.3) is 0 Å². The van der Waals surface area contributed by atoms with Crippen LogP contribution < -0.4 is 15.0 Å². The van der Waals surface area contributed by atoms with Crippen LogP contribution in [0.3, 0.4) is 0 Å². The second kappa shape index (κ2) is 8.15. The lowest BCUT2D eigenvalue weighted by atomic mass is 9.94. The van der Waals surface area contributed by atoms with Gasteiger partial charge < -0.3 is 9.64 Å². The zero-order chi connectivity index (χ0) is 20.5. The lowest BCUT2D eigenvalue weighted by Gasteiger charge is -2.33. The van der Waals surface area contributed by atoms with E-state index in [4.69, 9.17) is 16.3 Å². The third kappa shape index (κ3) is 3.82. The molecule has 0 spiro atoms. The summed E-state index contributed by atoms with van der Waals surface area (Å²) in [6.45, 7) is 1.05. The molecule has 0 saturated heterocycles. The molecule has 0 unspecified atom stereocenters. The SMILES string of the molecule is O=C(Nc1cc2ccccc2nc1Cl)Oc1ccc2c(c1)CCN2C1CCCCC1. The highest BCUT2D eigenvalue weighted by Crippen LogP contribution is 2.36. The summed E-state index contributed by atoms with van der Waals surface area (Å²) in [6.07, 6.45) is 6.98. The summed E-state index contributed by atoms with van der Waals surface area (Å²) in [5.41, 5.74) is 3.75. The normalized spacial score (nSPS) is 16.5. The Balaban J connectivity index is 1.28. The lowest BCUT2D eigenvalue weighted by Crippen LogP contribution is -2.35. The van der Waals surface area contributed by atoms with Gasteiger partial charge in [-0.1, -0.05) is 49.1 Å². The van der Waals surface area contributed by atoms with Crippen LogP contribution in [0.25, 0.3) is 10.9 Å². The fourth-order valence-corrected chi connectivity index (χ4v) is 4.85. The van der Waals surface area contributed by atoms with Crippen molar-refractivity contribution >= 4 is 40.0 Å². The Kier molecular flexibility index (Phi) is 5.21. The topological polar surface area (TPSA) is 54.5 Å². The number of ether oxygens (including phenoxy) is 1. The summed E-state index contributed by atoms with van der Waals surface area (Å²) in [5, 5.41) is 3.85. The van der Waals surface area contributed by atoms with E-state index in [9.17, 15) is 4.79 Å². The summed E-state index contributed by atoms with van der Waals surface area (Å²) in [4.78, 5) is 19.3. The van der Waals surface area contributed by atoms with Crippen molar-refractivity contribution in [3.05, 3.63) is 59.2 Å². The van der Waals surface area contributed by atoms with Crippen molar-refractivity contribution < 1.29 is 9.53 Å². The Morgan fingerprint density at radius 2 is 1.93 bits per heavy atom. The van der Waals surface area contributed by atoms with Gasteiger partial charge in [-0.15, -0.1) is 0 Å². The molecule has 1 aromatic heterocycles. The van der Waals surface area contributed by atoms with Crippen LogP contribution in [-0.2, 0) is 6.42 Å². The predicted molar refractivity (Wildman–Crippen MR) is 121 cm³/mol. The van der Waals surface area contributed by atoms with E-state index >= 15 is 0 Å². The number of rotatable bonds is 3. The lowest BCUT2D eigenvalue weighted by molar-refractivity contribution is 0.215. The molecule has 3 aromatic rings. The third-order valence-corrected chi connectivity index (χ3v) is 6.41. The second-order valence-corrected chi connectivity index (χ2v) is 8.42. The highest BCUT2D eigenvalue weighted by atomic mass is 35.5. The Labute approximate surface area is 181 Å². The fraction of sp³-hybridized carbons (Fsp3) is 0.333. The van der Waals surface area contributed by atoms with Crippen molar-refractivity contribution in [3.63, 3.8) is 0 Å². The molecular weight excluding hydrogens is 398 g/mol. The Morgan fingerprint density at radius 3 is 2.80 bits per heavy atom. The number of pyridine rings is 1. The minimum absolute atomic E-state index is 0.239. The van der Waals surface area contributed by atoms with Gasteiger partial charge in [0.15, 0.2) is 5.15 Å². The van der Waals surface area contributed by atoms with Crippen molar-refractivity contribution in [3.8, 4) is 5.75 Å². The van der Waals surface area contributed by atoms with Gasteiger partial charge in [-0.05, 0) is 55.2 Å². The van der Waals surface area contributed by atoms with Crippen LogP contribution in [0.15, 0.2) is 48.5 Å². The van der Waals surface area contributed by atoms with Crippen LogP contribution in [-0.4, -0.2) is 23.7 Å². The van der Waals surface area contributed by atoms with E-state index in [1.807, 2.05) is 36.4 Å². The minimum atomic E-state index is -0.573. The Morgan fingerprint density at radius 1 is 1.10 bits per heavy atom. The number of anilines is 2. The van der Waals surface area contributed by atoms with Gasteiger partial charge >= 0.3 is 6.09 Å². The number of aromatic nitrogens is 1. The Bertz CT molecular complexity index is 1100. The molecule has 6 heteroatoms. The second-order valence-electron chi connectivity index (χ2n) is 8.06. The van der Waals surface area contributed by atoms with E-state index in [2.05, 4.69) is 21.3 Å². The number of nitrogens with one attached hydrogen (secondary N) is 1. The summed E-state index contributed by atoms with van der Waals surface area (Å²) < 4.78 is 5.54. The van der Waals surface area contributed by atoms with Gasteiger partial charge in [0.05, 0.1) is 11.2 Å². The largest absolute Gasteiger partial charge is 0.417 e. The molecular formula is C24H24ClN3O2. The quantitative estimate of drug-likeness (QED) is 0.512. The fourth-order valence-electron chi connectivity index (χ4n) is 4.66. The van der Waals surface area contributed by atoms with Gasteiger partial charge in [0, 0.05) is 23.7 Å². The maximum absolute atomic E-state index is 12.5. The molecule has 1 aliphatic carbocycles. The van der Waals surface area contributed by atoms with E-state index in [1.54, 1.807) is 6.07 Å². The number of hydrogen-bond donors (Lipinski definition) is 1. The van der Waals surface area contributed by atoms with Crippen molar-refractivity contribution in [2.24, 2.45) is 0 Å². The van der Waals surface area contributed by atoms with Crippen LogP contribution in [0, 0.1) is 0 Å². The number of carbonyl (C=O) groups is 1. The number of amides is 1. The maximum Gasteiger partial charge on any atom is 0.417 e. The van der Waals surface area contributed by atoms with Gasteiger partial charge in [0.2, 0.25) is 0 Å². The molecule has 1 amide bonds. The molecule has 5 nitrogen and oxygen atoms in total. The van der Waals surface area contributed by atoms with Crippen molar-refractivity contribution in [2.75, 3.05) is 16.8 Å². The molecule has 2 aromatic carbocycles. The van der Waals surface area contributed by atoms with E-state index < -0.39 is 6.09 Å². The third-order valence-electron chi connectivity index (χ3n) is 6.12. The molecule has 1 saturated carbocycles. The molecule has 5 rings (SSSR count). The first-order chi connectivity index (χ1) is 14.7. The highest BCUT2D eigenvalue weighted by Gasteiger charge is 2.27. The van der Waals surface area contributed by atoms with Gasteiger partial charge in [-0.2, -0.15) is 0 Å². The molecule has 0 radical (unpaired) electrons. The van der Waals surface area contributed by atoms with Crippen LogP contribution in [0.2, 0.25) is 5.15 Å². The molecule has 1 aliphatic heterocycles. The first-order valence-electron chi connectivity index (χ1n) is 10.6. The van der Waals surface area contributed by atoms with Crippen LogP contribution in [0.1, 0.15) is 37.7 Å². The first-order valence-corrected chi connectivity index (χ1v) is 11.0. The zero-order valence-corrected chi connectivity index (χ0v) is 17.5. The van der Waals surface area contributed by atoms with Crippen LogP contribution in [0.5, 0.6) is 5.75 Å². The molecule has 1 fully saturated rings. The molecule has 30 heavy (non-hydrogen) atoms. The van der Waals surface area contributed by atoms with Gasteiger partial charge in [-0.3, -0.25) is 5.32 Å². The summed E-state index contributed by atoms with van der Waals surface area (Å²) >= 11 is 6.23. The highest BCUT2D eigenvalue weighted by molar-refractivity contribution is 6.33. The smallest absolute Gasteiger partial charge is 0.410 e. The van der Waals surface area contributed by atoms with Crippen LogP contribution >= 0.6 is 11.6 Å². The molecule has 2 aliphatic rings. The first kappa shape index (κ1) is 19.2. The van der Waals surface area contributed by atoms with Crippen molar-refractivity contribution in [2.45, 2.75) is 44.6 Å². The van der Waals surface area contributed by atoms with Crippen molar-refractivity contribution in [1.82, 2.24) is 4.98 Å². The molecule has 154 valence electrons.